The van der Waals surface area contributed by atoms with Crippen LogP contribution < -0.4 is 10.2 Å². The minimum atomic E-state index is -0.281. The summed E-state index contributed by atoms with van der Waals surface area (Å²) in [5.41, 5.74) is 5.50. The number of anilines is 2. The number of fused-ring (bicyclic) bond motifs is 2. The summed E-state index contributed by atoms with van der Waals surface area (Å²) in [6, 6.07) is 32.4. The van der Waals surface area contributed by atoms with Gasteiger partial charge < -0.3 is 15.0 Å². The van der Waals surface area contributed by atoms with Gasteiger partial charge >= 0.3 is 5.97 Å². The second-order valence-electron chi connectivity index (χ2n) is 10.5. The molecule has 2 unspecified atom stereocenters. The van der Waals surface area contributed by atoms with Crippen LogP contribution in [-0.4, -0.2) is 47.9 Å². The number of nitrogens with one attached hydrogen (secondary N) is 1. The van der Waals surface area contributed by atoms with E-state index in [9.17, 15) is 14.4 Å². The van der Waals surface area contributed by atoms with Gasteiger partial charge in [0.25, 0.3) is 11.8 Å². The molecule has 0 spiro atoms. The maximum Gasteiger partial charge on any atom is 0.302 e. The summed E-state index contributed by atoms with van der Waals surface area (Å²) in [6.45, 7) is 3.28. The van der Waals surface area contributed by atoms with Gasteiger partial charge in [0.2, 0.25) is 0 Å². The first-order chi connectivity index (χ1) is 20.0. The number of esters is 1. The molecule has 0 aromatic heterocycles. The SMILES string of the molecule is CC(=O)OC1CC2CN(C(=O)c3ccc(NC(=O)c4ccccc4-c4ccccc4)cc3)c3ccccc3CN2C1. The average molecular weight is 546 g/mol. The van der Waals surface area contributed by atoms with Gasteiger partial charge in [-0.25, -0.2) is 0 Å². The smallest absolute Gasteiger partial charge is 0.302 e. The molecule has 2 atom stereocenters. The molecular weight excluding hydrogens is 514 g/mol. The summed E-state index contributed by atoms with van der Waals surface area (Å²) in [6.07, 6.45) is 0.516. The first kappa shape index (κ1) is 26.5. The molecule has 7 nitrogen and oxygen atoms in total. The van der Waals surface area contributed by atoms with Gasteiger partial charge in [0.1, 0.15) is 6.10 Å². The third kappa shape index (κ3) is 5.62. The van der Waals surface area contributed by atoms with Crippen molar-refractivity contribution in [2.24, 2.45) is 0 Å². The van der Waals surface area contributed by atoms with Gasteiger partial charge in [0, 0.05) is 61.5 Å². The van der Waals surface area contributed by atoms with Crippen LogP contribution in [-0.2, 0) is 16.1 Å². The number of amides is 2. The zero-order valence-electron chi connectivity index (χ0n) is 22.8. The van der Waals surface area contributed by atoms with Crippen molar-refractivity contribution in [2.75, 3.05) is 23.3 Å². The van der Waals surface area contributed by atoms with E-state index < -0.39 is 0 Å². The van der Waals surface area contributed by atoms with Gasteiger partial charge in [0.15, 0.2) is 0 Å². The predicted molar refractivity (Wildman–Crippen MR) is 159 cm³/mol. The summed E-state index contributed by atoms with van der Waals surface area (Å²) in [4.78, 5) is 42.8. The molecule has 0 saturated carbocycles. The summed E-state index contributed by atoms with van der Waals surface area (Å²) < 4.78 is 5.50. The van der Waals surface area contributed by atoms with E-state index in [1.807, 2.05) is 83.8 Å². The Balaban J connectivity index is 1.20. The third-order valence-corrected chi connectivity index (χ3v) is 7.76. The van der Waals surface area contributed by atoms with Gasteiger partial charge in [-0.05, 0) is 53.1 Å². The second-order valence-corrected chi connectivity index (χ2v) is 10.5. The quantitative estimate of drug-likeness (QED) is 0.322. The maximum absolute atomic E-state index is 13.9. The van der Waals surface area contributed by atoms with Crippen molar-refractivity contribution >= 4 is 29.2 Å². The molecule has 206 valence electrons. The average Bonchev–Trinajstić information content (AvgIpc) is 3.28. The lowest BCUT2D eigenvalue weighted by molar-refractivity contribution is -0.145. The molecule has 2 amide bonds. The van der Waals surface area contributed by atoms with Crippen molar-refractivity contribution in [3.05, 3.63) is 120 Å². The Labute approximate surface area is 239 Å². The Kier molecular flexibility index (Phi) is 7.35. The topological polar surface area (TPSA) is 79.0 Å². The summed E-state index contributed by atoms with van der Waals surface area (Å²) in [7, 11) is 0. The number of hydrogen-bond acceptors (Lipinski definition) is 5. The minimum Gasteiger partial charge on any atom is -0.461 e. The lowest BCUT2D eigenvalue weighted by Gasteiger charge is -2.26. The lowest BCUT2D eigenvalue weighted by atomic mass is 9.99. The van der Waals surface area contributed by atoms with Crippen LogP contribution in [0, 0.1) is 0 Å². The van der Waals surface area contributed by atoms with Crippen LogP contribution in [0.3, 0.4) is 0 Å². The van der Waals surface area contributed by atoms with Crippen molar-refractivity contribution in [3.8, 4) is 11.1 Å². The van der Waals surface area contributed by atoms with E-state index in [1.165, 1.54) is 6.92 Å². The van der Waals surface area contributed by atoms with Crippen molar-refractivity contribution in [3.63, 3.8) is 0 Å². The standard InChI is InChI=1S/C34H31N3O4/c1-23(38)41-29-19-28-21-37(32-14-8-5-11-26(32)20-36(28)22-29)34(40)25-15-17-27(18-16-25)35-33(39)31-13-7-6-12-30(31)24-9-3-2-4-10-24/h2-18,28-29H,19-22H2,1H3,(H,35,39). The highest BCUT2D eigenvalue weighted by Gasteiger charge is 2.39. The molecular formula is C34H31N3O4. The molecule has 6 rings (SSSR count). The van der Waals surface area contributed by atoms with Crippen molar-refractivity contribution in [2.45, 2.75) is 32.0 Å². The fourth-order valence-corrected chi connectivity index (χ4v) is 5.87. The molecule has 0 radical (unpaired) electrons. The highest BCUT2D eigenvalue weighted by Crippen LogP contribution is 2.33. The Hall–Kier alpha value is -4.75. The van der Waals surface area contributed by atoms with E-state index in [-0.39, 0.29) is 29.9 Å². The number of benzene rings is 4. The van der Waals surface area contributed by atoms with Crippen molar-refractivity contribution < 1.29 is 19.1 Å². The van der Waals surface area contributed by atoms with Crippen LogP contribution in [0.15, 0.2) is 103 Å². The van der Waals surface area contributed by atoms with E-state index in [4.69, 9.17) is 4.74 Å². The second kappa shape index (κ2) is 11.4. The van der Waals surface area contributed by atoms with Crippen LogP contribution >= 0.6 is 0 Å². The van der Waals surface area contributed by atoms with Gasteiger partial charge in [0.05, 0.1) is 0 Å². The predicted octanol–water partition coefficient (Wildman–Crippen LogP) is 5.77. The Bertz CT molecular complexity index is 1590. The molecule has 1 saturated heterocycles. The van der Waals surface area contributed by atoms with Crippen molar-refractivity contribution in [1.29, 1.82) is 0 Å². The normalized spacial score (nSPS) is 18.1. The fourth-order valence-electron chi connectivity index (χ4n) is 5.87. The molecule has 1 N–H and O–H groups in total. The molecule has 2 aliphatic rings. The van der Waals surface area contributed by atoms with Gasteiger partial charge in [-0.15, -0.1) is 0 Å². The third-order valence-electron chi connectivity index (χ3n) is 7.76. The molecule has 4 aromatic carbocycles. The number of hydrogen-bond donors (Lipinski definition) is 1. The molecule has 0 aliphatic carbocycles. The van der Waals surface area contributed by atoms with E-state index in [0.717, 1.165) is 22.4 Å². The fraction of sp³-hybridized carbons (Fsp3) is 0.206. The Morgan fingerprint density at radius 1 is 0.805 bits per heavy atom. The largest absolute Gasteiger partial charge is 0.461 e. The Morgan fingerprint density at radius 2 is 1.51 bits per heavy atom. The lowest BCUT2D eigenvalue weighted by Crippen LogP contribution is -2.40. The van der Waals surface area contributed by atoms with E-state index in [0.29, 0.717) is 42.9 Å². The zero-order chi connectivity index (χ0) is 28.3. The summed E-state index contributed by atoms with van der Waals surface area (Å²) in [5, 5.41) is 2.98. The van der Waals surface area contributed by atoms with E-state index in [2.05, 4.69) is 10.2 Å². The first-order valence-electron chi connectivity index (χ1n) is 13.8. The van der Waals surface area contributed by atoms with Gasteiger partial charge in [-0.2, -0.15) is 0 Å². The minimum absolute atomic E-state index is 0.0824. The highest BCUT2D eigenvalue weighted by molar-refractivity contribution is 6.10. The zero-order valence-corrected chi connectivity index (χ0v) is 22.8. The molecule has 2 aliphatic heterocycles. The maximum atomic E-state index is 13.9. The summed E-state index contributed by atoms with van der Waals surface area (Å²) >= 11 is 0. The Morgan fingerprint density at radius 3 is 2.29 bits per heavy atom. The molecule has 4 aromatic rings. The molecule has 41 heavy (non-hydrogen) atoms. The molecule has 0 bridgehead atoms. The van der Waals surface area contributed by atoms with Crippen molar-refractivity contribution in [1.82, 2.24) is 4.90 Å². The van der Waals surface area contributed by atoms with Crippen LogP contribution in [0.4, 0.5) is 11.4 Å². The number of nitrogens with zero attached hydrogens (tertiary/aromatic N) is 2. The number of para-hydroxylation sites is 1. The van der Waals surface area contributed by atoms with Crippen LogP contribution in [0.25, 0.3) is 11.1 Å². The molecule has 1 fully saturated rings. The van der Waals surface area contributed by atoms with Crippen LogP contribution in [0.1, 0.15) is 39.6 Å². The van der Waals surface area contributed by atoms with Crippen LogP contribution in [0.2, 0.25) is 0 Å². The van der Waals surface area contributed by atoms with E-state index >= 15 is 0 Å². The molecule has 7 heteroatoms. The monoisotopic (exact) mass is 545 g/mol. The number of carbonyl (C=O) groups excluding carboxylic acids is 3. The number of rotatable bonds is 5. The van der Waals surface area contributed by atoms with E-state index in [1.54, 1.807) is 24.3 Å². The van der Waals surface area contributed by atoms with Gasteiger partial charge in [-0.1, -0.05) is 66.7 Å². The molecule has 2 heterocycles. The first-order valence-corrected chi connectivity index (χ1v) is 13.8. The number of ether oxygens (including phenoxy) is 1. The highest BCUT2D eigenvalue weighted by atomic mass is 16.5. The summed E-state index contributed by atoms with van der Waals surface area (Å²) in [5.74, 6) is -0.604. The van der Waals surface area contributed by atoms with Gasteiger partial charge in [-0.3, -0.25) is 19.3 Å². The number of carbonyl (C=O) groups is 3. The van der Waals surface area contributed by atoms with Crippen LogP contribution in [0.5, 0.6) is 0 Å².